The maximum atomic E-state index is 11.3. The summed E-state index contributed by atoms with van der Waals surface area (Å²) in [5.74, 6) is 0.382. The highest BCUT2D eigenvalue weighted by Gasteiger charge is 2.16. The van der Waals surface area contributed by atoms with Gasteiger partial charge in [-0.15, -0.1) is 0 Å². The molecule has 190 valence electrons. The fraction of sp³-hybridized carbons (Fsp3) is 0.147. The maximum Gasteiger partial charge on any atom is 0.341 e. The molecule has 0 aliphatic heterocycles. The Morgan fingerprint density at radius 3 is 2.03 bits per heavy atom. The lowest BCUT2D eigenvalue weighted by molar-refractivity contribution is -0.139. The molecule has 0 aromatic heterocycles. The van der Waals surface area contributed by atoms with Gasteiger partial charge in [0.15, 0.2) is 6.61 Å². The number of ether oxygens (including phenoxy) is 2. The number of hydrogen-bond acceptors (Lipinski definition) is 3. The predicted octanol–water partition coefficient (Wildman–Crippen LogP) is 7.37. The SMILES string of the molecule is Cc1ccc(Cc2c(OCC(=O)O)ccc3cc(Cc4ccccc4)c(OCc4ccccc4)cc23)cc1. The minimum absolute atomic E-state index is 0.393. The average molecular weight is 503 g/mol. The molecular formula is C34H30O4. The van der Waals surface area contributed by atoms with Crippen LogP contribution in [0.3, 0.4) is 0 Å². The molecule has 0 spiro atoms. The first-order valence-corrected chi connectivity index (χ1v) is 12.7. The summed E-state index contributed by atoms with van der Waals surface area (Å²) in [5.41, 5.74) is 6.66. The average Bonchev–Trinajstić information content (AvgIpc) is 2.94. The van der Waals surface area contributed by atoms with Crippen molar-refractivity contribution in [1.82, 2.24) is 0 Å². The van der Waals surface area contributed by atoms with Crippen LogP contribution >= 0.6 is 0 Å². The number of carboxylic acids is 1. The molecule has 0 aliphatic carbocycles. The van der Waals surface area contributed by atoms with Crippen LogP contribution in [0.25, 0.3) is 10.8 Å². The topological polar surface area (TPSA) is 55.8 Å². The Morgan fingerprint density at radius 2 is 1.34 bits per heavy atom. The standard InChI is InChI=1S/C34H30O4/c1-24-12-14-26(15-13-24)19-31-30-21-33(37-22-27-10-6-3-7-11-27)29(18-25-8-4-2-5-9-25)20-28(30)16-17-32(31)38-23-34(35)36/h2-17,20-21H,18-19,22-23H2,1H3,(H,35,36). The summed E-state index contributed by atoms with van der Waals surface area (Å²) < 4.78 is 12.2. The van der Waals surface area contributed by atoms with E-state index < -0.39 is 12.6 Å². The molecule has 0 fully saturated rings. The molecule has 4 nitrogen and oxygen atoms in total. The van der Waals surface area contributed by atoms with E-state index in [0.717, 1.165) is 45.2 Å². The van der Waals surface area contributed by atoms with Crippen molar-refractivity contribution in [2.75, 3.05) is 6.61 Å². The van der Waals surface area contributed by atoms with E-state index in [1.54, 1.807) is 0 Å². The first-order valence-electron chi connectivity index (χ1n) is 12.7. The van der Waals surface area contributed by atoms with Crippen molar-refractivity contribution in [1.29, 1.82) is 0 Å². The van der Waals surface area contributed by atoms with Crippen LogP contribution in [0.4, 0.5) is 0 Å². The van der Waals surface area contributed by atoms with Gasteiger partial charge >= 0.3 is 5.97 Å². The molecule has 0 bridgehead atoms. The van der Waals surface area contributed by atoms with E-state index in [1.807, 2.05) is 48.5 Å². The highest BCUT2D eigenvalue weighted by atomic mass is 16.5. The van der Waals surface area contributed by atoms with Crippen LogP contribution in [0.5, 0.6) is 11.5 Å². The third-order valence-electron chi connectivity index (χ3n) is 6.60. The number of aliphatic carboxylic acids is 1. The molecule has 0 aliphatic rings. The molecule has 0 amide bonds. The van der Waals surface area contributed by atoms with Crippen LogP contribution in [0, 0.1) is 6.92 Å². The number of aryl methyl sites for hydroxylation is 1. The van der Waals surface area contributed by atoms with Gasteiger partial charge in [0.2, 0.25) is 0 Å². The molecule has 0 radical (unpaired) electrons. The lowest BCUT2D eigenvalue weighted by Crippen LogP contribution is -2.11. The number of fused-ring (bicyclic) bond motifs is 1. The van der Waals surface area contributed by atoms with Crippen molar-refractivity contribution in [2.24, 2.45) is 0 Å². The molecule has 0 atom stereocenters. The molecule has 0 saturated heterocycles. The van der Waals surface area contributed by atoms with Crippen LogP contribution in [0.2, 0.25) is 0 Å². The van der Waals surface area contributed by atoms with Crippen molar-refractivity contribution >= 4 is 16.7 Å². The van der Waals surface area contributed by atoms with Crippen molar-refractivity contribution in [3.63, 3.8) is 0 Å². The van der Waals surface area contributed by atoms with Crippen molar-refractivity contribution < 1.29 is 19.4 Å². The van der Waals surface area contributed by atoms with Crippen LogP contribution in [0.1, 0.15) is 33.4 Å². The second-order valence-electron chi connectivity index (χ2n) is 9.50. The Bertz CT molecular complexity index is 1520. The van der Waals surface area contributed by atoms with Crippen LogP contribution < -0.4 is 9.47 Å². The summed E-state index contributed by atoms with van der Waals surface area (Å²) in [7, 11) is 0. The van der Waals surface area contributed by atoms with Crippen molar-refractivity contribution in [2.45, 2.75) is 26.4 Å². The zero-order chi connectivity index (χ0) is 26.3. The van der Waals surface area contributed by atoms with Gasteiger partial charge in [-0.3, -0.25) is 0 Å². The number of benzene rings is 5. The van der Waals surface area contributed by atoms with Gasteiger partial charge in [-0.2, -0.15) is 0 Å². The predicted molar refractivity (Wildman–Crippen MR) is 151 cm³/mol. The van der Waals surface area contributed by atoms with Gasteiger partial charge in [-0.25, -0.2) is 4.79 Å². The molecular weight excluding hydrogens is 472 g/mol. The number of carbonyl (C=O) groups is 1. The Hall–Kier alpha value is -4.57. The maximum absolute atomic E-state index is 11.3. The van der Waals surface area contributed by atoms with Gasteiger partial charge in [0, 0.05) is 18.4 Å². The van der Waals surface area contributed by atoms with E-state index in [-0.39, 0.29) is 0 Å². The number of hydrogen-bond donors (Lipinski definition) is 1. The summed E-state index contributed by atoms with van der Waals surface area (Å²) in [6.45, 7) is 2.13. The third-order valence-corrected chi connectivity index (χ3v) is 6.60. The quantitative estimate of drug-likeness (QED) is 0.217. The number of carboxylic acid groups (broad SMARTS) is 1. The zero-order valence-electron chi connectivity index (χ0n) is 21.4. The fourth-order valence-corrected chi connectivity index (χ4v) is 4.63. The van der Waals surface area contributed by atoms with Gasteiger partial charge in [0.1, 0.15) is 18.1 Å². The summed E-state index contributed by atoms with van der Waals surface area (Å²) in [4.78, 5) is 11.3. The van der Waals surface area contributed by atoms with Gasteiger partial charge in [-0.05, 0) is 58.1 Å². The van der Waals surface area contributed by atoms with E-state index in [9.17, 15) is 9.90 Å². The van der Waals surface area contributed by atoms with Crippen molar-refractivity contribution in [3.8, 4) is 11.5 Å². The van der Waals surface area contributed by atoms with Gasteiger partial charge in [0.05, 0.1) is 0 Å². The lowest BCUT2D eigenvalue weighted by atomic mass is 9.94. The highest BCUT2D eigenvalue weighted by Crippen LogP contribution is 2.36. The summed E-state index contributed by atoms with van der Waals surface area (Å²) in [5, 5.41) is 11.3. The Morgan fingerprint density at radius 1 is 0.684 bits per heavy atom. The second kappa shape index (κ2) is 11.7. The monoisotopic (exact) mass is 502 g/mol. The lowest BCUT2D eigenvalue weighted by Gasteiger charge is -2.18. The third kappa shape index (κ3) is 6.22. The first kappa shape index (κ1) is 25.1. The van der Waals surface area contributed by atoms with Crippen LogP contribution in [-0.2, 0) is 24.2 Å². The van der Waals surface area contributed by atoms with Gasteiger partial charge < -0.3 is 14.6 Å². The summed E-state index contributed by atoms with van der Waals surface area (Å²) in [6.07, 6.45) is 1.36. The van der Waals surface area contributed by atoms with E-state index >= 15 is 0 Å². The zero-order valence-corrected chi connectivity index (χ0v) is 21.4. The van der Waals surface area contributed by atoms with E-state index in [1.165, 1.54) is 11.1 Å². The normalized spacial score (nSPS) is 10.9. The Kier molecular flexibility index (Phi) is 7.70. The Labute approximate surface area is 223 Å². The number of rotatable bonds is 10. The summed E-state index contributed by atoms with van der Waals surface area (Å²) in [6, 6.07) is 37.0. The van der Waals surface area contributed by atoms with Crippen molar-refractivity contribution in [3.05, 3.63) is 143 Å². The minimum Gasteiger partial charge on any atom is -0.489 e. The summed E-state index contributed by atoms with van der Waals surface area (Å²) >= 11 is 0. The van der Waals surface area contributed by atoms with Crippen LogP contribution in [0.15, 0.2) is 109 Å². The van der Waals surface area contributed by atoms with Gasteiger partial charge in [-0.1, -0.05) is 96.6 Å². The van der Waals surface area contributed by atoms with E-state index in [2.05, 4.69) is 67.6 Å². The highest BCUT2D eigenvalue weighted by molar-refractivity contribution is 5.90. The molecule has 0 saturated carbocycles. The molecule has 4 heteroatoms. The fourth-order valence-electron chi connectivity index (χ4n) is 4.63. The largest absolute Gasteiger partial charge is 0.489 e. The van der Waals surface area contributed by atoms with Gasteiger partial charge in [0.25, 0.3) is 0 Å². The van der Waals surface area contributed by atoms with Crippen LogP contribution in [-0.4, -0.2) is 17.7 Å². The smallest absolute Gasteiger partial charge is 0.341 e. The molecule has 0 heterocycles. The molecule has 1 N–H and O–H groups in total. The molecule has 38 heavy (non-hydrogen) atoms. The second-order valence-corrected chi connectivity index (χ2v) is 9.50. The van der Waals surface area contributed by atoms with E-state index in [4.69, 9.17) is 9.47 Å². The first-order chi connectivity index (χ1) is 18.5. The Balaban J connectivity index is 1.60. The molecule has 5 rings (SSSR count). The molecule has 0 unspecified atom stereocenters. The minimum atomic E-state index is -1.00. The molecule has 5 aromatic carbocycles. The molecule has 5 aromatic rings. The van der Waals surface area contributed by atoms with E-state index in [0.29, 0.717) is 18.8 Å².